The largest absolute Gasteiger partial charge is 0.495 e. The van der Waals surface area contributed by atoms with Crippen molar-refractivity contribution in [2.75, 3.05) is 0 Å². The van der Waals surface area contributed by atoms with Gasteiger partial charge in [0.1, 0.15) is 0 Å². The molecule has 2 heterocycles. The SMILES string of the molecule is CCC(CC)(c1ccc(CCC2(O)CCCC2)c(C)c1)c1ccc(B2OC(C)(C)C(C)(C)O2)c(C)c1.CCC(CC)(c1ccc(CCC2(O[Si](C)(C)C)CCCC2)c(C)c1)c1ccc(B2OC(C)(C)C(C)(C)O2)c(C)c1. The quantitative estimate of drug-likeness (QED) is 0.100. The maximum Gasteiger partial charge on any atom is 0.495 e. The van der Waals surface area contributed by atoms with E-state index >= 15 is 0 Å². The summed E-state index contributed by atoms with van der Waals surface area (Å²) in [5.74, 6) is 0. The van der Waals surface area contributed by atoms with E-state index in [1.807, 2.05) is 0 Å². The lowest BCUT2D eigenvalue weighted by Crippen LogP contribution is -2.41. The van der Waals surface area contributed by atoms with Gasteiger partial charge in [0.05, 0.1) is 33.6 Å². The molecule has 0 atom stereocenters. The Bertz CT molecular complexity index is 2590. The molecule has 4 aromatic carbocycles. The standard InChI is InChI=1S/C35H55BO3Si.C32H47BO3/c1-12-35(13-2,30-18-19-31(27(4)25-30)36-37-32(5,6)33(7,8)38-36)29-17-16-28(26(3)24-29)20-23-34(21-14-15-22-34)39-40(9,10)11;1-9-32(10-2,26-14-13-25(23(3)21-26)17-20-31(34)18-11-12-19-31)27-15-16-28(24(4)22-27)33-35-29(5,6)30(7,8)36-33/h16-19,24-25H,12-15,20-23H2,1-11H3;13-16,21-22,34H,9-12,17-20H2,1-8H3. The minimum atomic E-state index is -1.58. The van der Waals surface area contributed by atoms with E-state index in [1.54, 1.807) is 0 Å². The van der Waals surface area contributed by atoms with Crippen LogP contribution in [0, 0.1) is 27.7 Å². The molecule has 2 saturated heterocycles. The predicted octanol–water partition coefficient (Wildman–Crippen LogP) is 15.8. The van der Waals surface area contributed by atoms with Crippen LogP contribution in [0.5, 0.6) is 0 Å². The van der Waals surface area contributed by atoms with E-state index in [4.69, 9.17) is 23.0 Å². The van der Waals surface area contributed by atoms with E-state index in [0.29, 0.717) is 0 Å². The average molecular weight is 1050 g/mol. The van der Waals surface area contributed by atoms with Crippen molar-refractivity contribution in [3.8, 4) is 0 Å². The molecule has 2 aliphatic heterocycles. The molecule has 2 aliphatic carbocycles. The van der Waals surface area contributed by atoms with Crippen molar-refractivity contribution in [2.24, 2.45) is 0 Å². The fourth-order valence-electron chi connectivity index (χ4n) is 13.5. The maximum absolute atomic E-state index is 10.8. The van der Waals surface area contributed by atoms with E-state index in [-0.39, 0.29) is 53.1 Å². The number of hydrogen-bond acceptors (Lipinski definition) is 6. The third-order valence-electron chi connectivity index (χ3n) is 20.1. The van der Waals surface area contributed by atoms with Crippen LogP contribution in [0.25, 0.3) is 0 Å². The highest BCUT2D eigenvalue weighted by atomic mass is 28.4. The Balaban J connectivity index is 0.000000222. The lowest BCUT2D eigenvalue weighted by atomic mass is 9.67. The van der Waals surface area contributed by atoms with E-state index in [9.17, 15) is 5.11 Å². The molecule has 9 heteroatoms. The molecule has 0 amide bonds. The van der Waals surface area contributed by atoms with Gasteiger partial charge >= 0.3 is 14.2 Å². The van der Waals surface area contributed by atoms with Gasteiger partial charge in [-0.25, -0.2) is 0 Å². The zero-order valence-electron chi connectivity index (χ0n) is 51.4. The summed E-state index contributed by atoms with van der Waals surface area (Å²) >= 11 is 0. The molecule has 416 valence electrons. The van der Waals surface area contributed by atoms with Crippen LogP contribution in [0.2, 0.25) is 19.6 Å². The van der Waals surface area contributed by atoms with Crippen molar-refractivity contribution in [3.63, 3.8) is 0 Å². The molecule has 4 fully saturated rings. The molecule has 0 unspecified atom stereocenters. The molecule has 0 bridgehead atoms. The molecule has 6 nitrogen and oxygen atoms in total. The second kappa shape index (κ2) is 22.9. The summed E-state index contributed by atoms with van der Waals surface area (Å²) in [6.07, 6.45) is 17.6. The van der Waals surface area contributed by atoms with E-state index in [2.05, 4.69) is 203 Å². The van der Waals surface area contributed by atoms with Crippen molar-refractivity contribution in [1.82, 2.24) is 0 Å². The predicted molar refractivity (Wildman–Crippen MR) is 325 cm³/mol. The van der Waals surface area contributed by atoms with Crippen LogP contribution in [-0.4, -0.2) is 61.3 Å². The van der Waals surface area contributed by atoms with Crippen LogP contribution in [-0.2, 0) is 46.7 Å². The second-order valence-electron chi connectivity index (χ2n) is 27.2. The van der Waals surface area contributed by atoms with Crippen molar-refractivity contribution < 1.29 is 28.1 Å². The van der Waals surface area contributed by atoms with Crippen LogP contribution in [0.3, 0.4) is 0 Å². The number of hydrogen-bond donors (Lipinski definition) is 1. The fourth-order valence-corrected chi connectivity index (χ4v) is 15.1. The number of aryl methyl sites for hydroxylation is 6. The lowest BCUT2D eigenvalue weighted by molar-refractivity contribution is 0.00578. The first kappa shape index (κ1) is 60.6. The highest BCUT2D eigenvalue weighted by Crippen LogP contribution is 2.45. The van der Waals surface area contributed by atoms with Gasteiger partial charge in [0, 0.05) is 10.8 Å². The summed E-state index contributed by atoms with van der Waals surface area (Å²) in [7, 11) is -2.24. The zero-order valence-corrected chi connectivity index (χ0v) is 52.4. The molecule has 0 radical (unpaired) electrons. The monoisotopic (exact) mass is 1050 g/mol. The normalized spacial score (nSPS) is 20.5. The number of aliphatic hydroxyl groups is 1. The Morgan fingerprint density at radius 3 is 1.11 bits per heavy atom. The smallest absolute Gasteiger partial charge is 0.412 e. The molecule has 1 N–H and O–H groups in total. The highest BCUT2D eigenvalue weighted by Gasteiger charge is 2.53. The van der Waals surface area contributed by atoms with E-state index < -0.39 is 13.9 Å². The Morgan fingerprint density at radius 1 is 0.474 bits per heavy atom. The van der Waals surface area contributed by atoms with Crippen molar-refractivity contribution in [2.45, 2.75) is 278 Å². The minimum Gasteiger partial charge on any atom is -0.412 e. The topological polar surface area (TPSA) is 66.4 Å². The Kier molecular flexibility index (Phi) is 18.2. The summed E-state index contributed by atoms with van der Waals surface area (Å²) in [5.41, 5.74) is 14.1. The molecule has 76 heavy (non-hydrogen) atoms. The van der Waals surface area contributed by atoms with Crippen molar-refractivity contribution in [1.29, 1.82) is 0 Å². The molecule has 0 aromatic heterocycles. The molecular weight excluding hydrogens is 950 g/mol. The van der Waals surface area contributed by atoms with Gasteiger partial charge in [0.15, 0.2) is 8.32 Å². The highest BCUT2D eigenvalue weighted by molar-refractivity contribution is 6.69. The molecule has 4 aliphatic rings. The zero-order chi connectivity index (χ0) is 55.9. The third kappa shape index (κ3) is 12.5. The van der Waals surface area contributed by atoms with Gasteiger partial charge in [0.2, 0.25) is 0 Å². The summed E-state index contributed by atoms with van der Waals surface area (Å²) in [6, 6.07) is 28.2. The first-order valence-electron chi connectivity index (χ1n) is 30.0. The van der Waals surface area contributed by atoms with Crippen LogP contribution in [0.4, 0.5) is 0 Å². The molecule has 0 spiro atoms. The van der Waals surface area contributed by atoms with Crippen LogP contribution in [0.15, 0.2) is 72.8 Å². The van der Waals surface area contributed by atoms with Gasteiger partial charge in [-0.15, -0.1) is 0 Å². The van der Waals surface area contributed by atoms with Gasteiger partial charge in [-0.1, -0.05) is 137 Å². The van der Waals surface area contributed by atoms with Crippen LogP contribution in [0.1, 0.15) is 229 Å². The van der Waals surface area contributed by atoms with E-state index in [1.165, 1.54) is 81.3 Å². The van der Waals surface area contributed by atoms with E-state index in [0.717, 1.165) is 88.0 Å². The Labute approximate surface area is 465 Å². The second-order valence-corrected chi connectivity index (χ2v) is 31.6. The average Bonchev–Trinajstić information content (AvgIpc) is 4.09. The summed E-state index contributed by atoms with van der Waals surface area (Å²) in [5, 5.41) is 10.8. The first-order chi connectivity index (χ1) is 35.4. The van der Waals surface area contributed by atoms with Crippen molar-refractivity contribution >= 4 is 33.5 Å². The fraction of sp³-hybridized carbons (Fsp3) is 0.642. The van der Waals surface area contributed by atoms with Gasteiger partial charge < -0.3 is 28.1 Å². The third-order valence-corrected chi connectivity index (χ3v) is 21.2. The van der Waals surface area contributed by atoms with Gasteiger partial charge in [0.25, 0.3) is 0 Å². The molecule has 8 rings (SSSR count). The van der Waals surface area contributed by atoms with Crippen molar-refractivity contribution in [3.05, 3.63) is 128 Å². The van der Waals surface area contributed by atoms with Gasteiger partial charge in [-0.3, -0.25) is 0 Å². The van der Waals surface area contributed by atoms with Gasteiger partial charge in [-0.2, -0.15) is 0 Å². The number of rotatable bonds is 18. The minimum absolute atomic E-state index is 0.0177. The van der Waals surface area contributed by atoms with Crippen LogP contribution >= 0.6 is 0 Å². The molecule has 4 aromatic rings. The summed E-state index contributed by atoms with van der Waals surface area (Å²) in [6.45, 7) is 42.1. The summed E-state index contributed by atoms with van der Waals surface area (Å²) in [4.78, 5) is 0. The Hall–Kier alpha value is -3.01. The molecule has 2 saturated carbocycles. The number of benzene rings is 4. The van der Waals surface area contributed by atoms with Crippen LogP contribution < -0.4 is 10.9 Å². The van der Waals surface area contributed by atoms with Gasteiger partial charge in [-0.05, 0) is 235 Å². The lowest BCUT2D eigenvalue weighted by Gasteiger charge is -2.37. The summed E-state index contributed by atoms with van der Waals surface area (Å²) < 4.78 is 32.3. The molecular formula is C67H102B2O6Si. The maximum atomic E-state index is 10.8. The Morgan fingerprint density at radius 2 is 0.789 bits per heavy atom. The first-order valence-corrected chi connectivity index (χ1v) is 33.4.